The first-order valence-electron chi connectivity index (χ1n) is 5.27. The summed E-state index contributed by atoms with van der Waals surface area (Å²) < 4.78 is 10.2. The summed E-state index contributed by atoms with van der Waals surface area (Å²) in [6.45, 7) is 1.20. The number of carbonyl (C=O) groups excluding carboxylic acids is 2. The second kappa shape index (κ2) is 6.40. The molecule has 0 aliphatic carbocycles. The van der Waals surface area contributed by atoms with Crippen LogP contribution in [0.3, 0.4) is 0 Å². The number of hydrogen-bond acceptors (Lipinski definition) is 5. The van der Waals surface area contributed by atoms with Gasteiger partial charge in [0.05, 0.1) is 26.4 Å². The average molecular weight is 288 g/mol. The second-order valence-electron chi connectivity index (χ2n) is 3.46. The van der Waals surface area contributed by atoms with Crippen LogP contribution in [-0.2, 0) is 9.63 Å². The molecule has 0 saturated carbocycles. The van der Waals surface area contributed by atoms with Crippen LogP contribution in [0.2, 0.25) is 5.02 Å². The van der Waals surface area contributed by atoms with Crippen molar-refractivity contribution in [1.29, 1.82) is 0 Å². The van der Waals surface area contributed by atoms with Crippen molar-refractivity contribution in [2.45, 2.75) is 6.92 Å². The molecule has 0 N–H and O–H groups in total. The second-order valence-corrected chi connectivity index (χ2v) is 3.87. The van der Waals surface area contributed by atoms with Crippen LogP contribution in [0, 0.1) is 0 Å². The molecule has 0 aliphatic heterocycles. The van der Waals surface area contributed by atoms with E-state index in [9.17, 15) is 9.59 Å². The fraction of sp³-hybridized carbons (Fsp3) is 0.333. The monoisotopic (exact) mass is 287 g/mol. The largest absolute Gasteiger partial charge is 0.496 e. The van der Waals surface area contributed by atoms with Gasteiger partial charge in [-0.05, 0) is 12.1 Å². The fourth-order valence-corrected chi connectivity index (χ4v) is 1.80. The van der Waals surface area contributed by atoms with E-state index in [1.54, 1.807) is 0 Å². The van der Waals surface area contributed by atoms with Crippen LogP contribution in [0.5, 0.6) is 11.5 Å². The van der Waals surface area contributed by atoms with Gasteiger partial charge in [-0.25, -0.2) is 0 Å². The van der Waals surface area contributed by atoms with Crippen molar-refractivity contribution in [3.05, 3.63) is 22.7 Å². The molecule has 1 aromatic carbocycles. The third kappa shape index (κ3) is 2.97. The Morgan fingerprint density at radius 2 is 1.79 bits per heavy atom. The lowest BCUT2D eigenvalue weighted by atomic mass is 10.1. The molecule has 0 spiro atoms. The number of hydrogen-bond donors (Lipinski definition) is 0. The topological polar surface area (TPSA) is 65.1 Å². The third-order valence-corrected chi connectivity index (χ3v) is 2.66. The summed E-state index contributed by atoms with van der Waals surface area (Å²) >= 11 is 5.95. The molecule has 0 saturated heterocycles. The summed E-state index contributed by atoms with van der Waals surface area (Å²) in [6.07, 6.45) is 0. The summed E-state index contributed by atoms with van der Waals surface area (Å²) in [6, 6.07) is 3.03. The number of amides is 2. The highest BCUT2D eigenvalue weighted by Crippen LogP contribution is 2.36. The maximum atomic E-state index is 12.3. The van der Waals surface area contributed by atoms with Crippen molar-refractivity contribution < 1.29 is 23.9 Å². The number of carbonyl (C=O) groups is 2. The van der Waals surface area contributed by atoms with Gasteiger partial charge < -0.3 is 9.47 Å². The molecular formula is C12H14ClNO5. The molecule has 19 heavy (non-hydrogen) atoms. The SMILES string of the molecule is COc1ccc(Cl)c(OC)c1C(=O)N(OC)C(C)=O. The fourth-order valence-electron chi connectivity index (χ4n) is 1.57. The normalized spacial score (nSPS) is 9.95. The van der Waals surface area contributed by atoms with Crippen molar-refractivity contribution in [3.8, 4) is 11.5 Å². The molecule has 6 nitrogen and oxygen atoms in total. The summed E-state index contributed by atoms with van der Waals surface area (Å²) in [5.74, 6) is -0.938. The maximum absolute atomic E-state index is 12.3. The van der Waals surface area contributed by atoms with Crippen molar-refractivity contribution in [2.24, 2.45) is 0 Å². The molecule has 1 aromatic rings. The van der Waals surface area contributed by atoms with E-state index in [0.717, 1.165) is 0 Å². The van der Waals surface area contributed by atoms with Gasteiger partial charge in [-0.2, -0.15) is 0 Å². The van der Waals surface area contributed by atoms with Gasteiger partial charge in [-0.1, -0.05) is 11.6 Å². The first-order chi connectivity index (χ1) is 8.97. The van der Waals surface area contributed by atoms with Crippen molar-refractivity contribution >= 4 is 23.4 Å². The summed E-state index contributed by atoms with van der Waals surface area (Å²) in [4.78, 5) is 28.4. The van der Waals surface area contributed by atoms with Crippen LogP contribution >= 0.6 is 11.6 Å². The predicted octanol–water partition coefficient (Wildman–Crippen LogP) is 1.91. The van der Waals surface area contributed by atoms with Gasteiger partial charge in [0.2, 0.25) is 0 Å². The zero-order valence-corrected chi connectivity index (χ0v) is 11.8. The number of halogens is 1. The van der Waals surface area contributed by atoms with Crippen molar-refractivity contribution in [3.63, 3.8) is 0 Å². The zero-order chi connectivity index (χ0) is 14.6. The minimum absolute atomic E-state index is 0.0227. The lowest BCUT2D eigenvalue weighted by Crippen LogP contribution is -2.34. The standard InChI is InChI=1S/C12H14ClNO5/c1-7(15)14(19-4)12(16)10-9(17-2)6-5-8(13)11(10)18-3/h5-6H,1-4H3. The smallest absolute Gasteiger partial charge is 0.292 e. The molecular weight excluding hydrogens is 274 g/mol. The quantitative estimate of drug-likeness (QED) is 0.792. The molecule has 0 aromatic heterocycles. The average Bonchev–Trinajstić information content (AvgIpc) is 2.38. The maximum Gasteiger partial charge on any atom is 0.292 e. The molecule has 2 amide bonds. The summed E-state index contributed by atoms with van der Waals surface area (Å²) in [7, 11) is 3.97. The lowest BCUT2D eigenvalue weighted by molar-refractivity contribution is -0.159. The van der Waals surface area contributed by atoms with E-state index < -0.39 is 11.8 Å². The Bertz CT molecular complexity index is 503. The highest BCUT2D eigenvalue weighted by atomic mass is 35.5. The van der Waals surface area contributed by atoms with Crippen LogP contribution in [0.4, 0.5) is 0 Å². The first kappa shape index (κ1) is 15.3. The Balaban J connectivity index is 3.42. The first-order valence-corrected chi connectivity index (χ1v) is 5.65. The van der Waals surface area contributed by atoms with Gasteiger partial charge in [0.25, 0.3) is 11.8 Å². The van der Waals surface area contributed by atoms with Crippen LogP contribution < -0.4 is 9.47 Å². The molecule has 0 unspecified atom stereocenters. The van der Waals surface area contributed by atoms with E-state index in [1.807, 2.05) is 0 Å². The number of methoxy groups -OCH3 is 2. The van der Waals surface area contributed by atoms with Gasteiger partial charge in [-0.15, -0.1) is 5.06 Å². The van der Waals surface area contributed by atoms with E-state index in [-0.39, 0.29) is 22.1 Å². The van der Waals surface area contributed by atoms with Crippen LogP contribution in [0.15, 0.2) is 12.1 Å². The molecule has 1 rings (SSSR count). The minimum atomic E-state index is -0.716. The number of nitrogens with zero attached hydrogens (tertiary/aromatic N) is 1. The van der Waals surface area contributed by atoms with Gasteiger partial charge >= 0.3 is 0 Å². The molecule has 0 aliphatic rings. The van der Waals surface area contributed by atoms with Gasteiger partial charge in [0.15, 0.2) is 5.75 Å². The molecule has 0 atom stereocenters. The van der Waals surface area contributed by atoms with E-state index in [0.29, 0.717) is 5.06 Å². The van der Waals surface area contributed by atoms with E-state index in [4.69, 9.17) is 25.9 Å². The van der Waals surface area contributed by atoms with E-state index in [2.05, 4.69) is 0 Å². The Labute approximate surface area is 115 Å². The zero-order valence-electron chi connectivity index (χ0n) is 11.0. The molecule has 104 valence electrons. The van der Waals surface area contributed by atoms with Crippen LogP contribution in [0.1, 0.15) is 17.3 Å². The molecule has 7 heteroatoms. The lowest BCUT2D eigenvalue weighted by Gasteiger charge is -2.19. The number of ether oxygens (including phenoxy) is 2. The Morgan fingerprint density at radius 3 is 2.21 bits per heavy atom. The van der Waals surface area contributed by atoms with Gasteiger partial charge in [0, 0.05) is 6.92 Å². The number of benzene rings is 1. The number of imide groups is 1. The minimum Gasteiger partial charge on any atom is -0.496 e. The highest BCUT2D eigenvalue weighted by Gasteiger charge is 2.28. The summed E-state index contributed by atoms with van der Waals surface area (Å²) in [5, 5.41) is 0.822. The van der Waals surface area contributed by atoms with E-state index >= 15 is 0 Å². The van der Waals surface area contributed by atoms with Crippen molar-refractivity contribution in [2.75, 3.05) is 21.3 Å². The third-order valence-electron chi connectivity index (χ3n) is 2.36. The highest BCUT2D eigenvalue weighted by molar-refractivity contribution is 6.33. The molecule has 0 heterocycles. The summed E-state index contributed by atoms with van der Waals surface area (Å²) in [5.41, 5.74) is 0.0227. The van der Waals surface area contributed by atoms with Crippen molar-refractivity contribution in [1.82, 2.24) is 5.06 Å². The number of hydroxylamine groups is 2. The molecule has 0 fully saturated rings. The Kier molecular flexibility index (Phi) is 5.14. The van der Waals surface area contributed by atoms with E-state index in [1.165, 1.54) is 40.4 Å². The molecule has 0 radical (unpaired) electrons. The van der Waals surface area contributed by atoms with Gasteiger partial charge in [0.1, 0.15) is 11.3 Å². The van der Waals surface area contributed by atoms with Crippen LogP contribution in [0.25, 0.3) is 0 Å². The van der Waals surface area contributed by atoms with Crippen LogP contribution in [-0.4, -0.2) is 38.2 Å². The van der Waals surface area contributed by atoms with Gasteiger partial charge in [-0.3, -0.25) is 14.4 Å². The Morgan fingerprint density at radius 1 is 1.16 bits per heavy atom. The predicted molar refractivity (Wildman–Crippen MR) is 68.4 cm³/mol. The number of rotatable bonds is 4. The molecule has 0 bridgehead atoms. The Hall–Kier alpha value is -1.79.